The molecule has 0 N–H and O–H groups in total. The molecule has 2 amide bonds. The van der Waals surface area contributed by atoms with Crippen LogP contribution in [0.2, 0.25) is 0 Å². The number of para-hydroxylation sites is 1. The maximum absolute atomic E-state index is 12.5. The zero-order chi connectivity index (χ0) is 17.6. The molecule has 0 radical (unpaired) electrons. The van der Waals surface area contributed by atoms with E-state index in [0.717, 1.165) is 12.2 Å². The fraction of sp³-hybridized carbons (Fsp3) is 0.474. The van der Waals surface area contributed by atoms with Crippen molar-refractivity contribution in [3.8, 4) is 5.75 Å². The third kappa shape index (κ3) is 4.60. The number of carbonyl (C=O) groups excluding carboxylic acids is 2. The molecule has 2 aliphatic rings. The fourth-order valence-electron chi connectivity index (χ4n) is 3.24. The third-order valence-corrected chi connectivity index (χ3v) is 4.57. The first kappa shape index (κ1) is 17.5. The lowest BCUT2D eigenvalue weighted by atomic mass is 10.2. The molecule has 6 heteroatoms. The predicted octanol–water partition coefficient (Wildman–Crippen LogP) is 1.47. The van der Waals surface area contributed by atoms with Crippen LogP contribution in [-0.2, 0) is 14.3 Å². The first-order valence-electron chi connectivity index (χ1n) is 8.68. The lowest BCUT2D eigenvalue weighted by Gasteiger charge is -2.32. The molecule has 6 nitrogen and oxygen atoms in total. The number of likely N-dealkylation sites (tertiary alicyclic amines) is 1. The first-order chi connectivity index (χ1) is 12.2. The molecule has 2 aliphatic heterocycles. The van der Waals surface area contributed by atoms with Gasteiger partial charge in [0.05, 0.1) is 25.7 Å². The summed E-state index contributed by atoms with van der Waals surface area (Å²) in [6.07, 6.45) is 2.19. The molecule has 134 valence electrons. The smallest absolute Gasteiger partial charge is 0.246 e. The molecule has 0 unspecified atom stereocenters. The van der Waals surface area contributed by atoms with Crippen molar-refractivity contribution in [2.45, 2.75) is 25.0 Å². The Balaban J connectivity index is 1.47. The molecule has 0 aromatic heterocycles. The van der Waals surface area contributed by atoms with Gasteiger partial charge in [-0.2, -0.15) is 0 Å². The fourth-order valence-corrected chi connectivity index (χ4v) is 3.24. The van der Waals surface area contributed by atoms with Crippen LogP contribution in [0.4, 0.5) is 0 Å². The second-order valence-corrected chi connectivity index (χ2v) is 6.37. The highest BCUT2D eigenvalue weighted by Gasteiger charge is 2.31. The van der Waals surface area contributed by atoms with Crippen molar-refractivity contribution in [2.24, 2.45) is 0 Å². The van der Waals surface area contributed by atoms with E-state index in [1.807, 2.05) is 35.2 Å². The van der Waals surface area contributed by atoms with Gasteiger partial charge in [-0.3, -0.25) is 9.59 Å². The number of morpholine rings is 1. The molecule has 2 fully saturated rings. The number of benzene rings is 1. The normalized spacial score (nSPS) is 23.4. The Morgan fingerprint density at radius 2 is 2.00 bits per heavy atom. The summed E-state index contributed by atoms with van der Waals surface area (Å²) in [5.74, 6) is 0.770. The Hall–Kier alpha value is -2.34. The molecule has 0 saturated carbocycles. The number of carbonyl (C=O) groups is 2. The summed E-state index contributed by atoms with van der Waals surface area (Å²) in [5, 5.41) is 0. The summed E-state index contributed by atoms with van der Waals surface area (Å²) < 4.78 is 11.6. The Morgan fingerprint density at radius 3 is 2.76 bits per heavy atom. The topological polar surface area (TPSA) is 59.1 Å². The van der Waals surface area contributed by atoms with Crippen LogP contribution in [0.5, 0.6) is 5.75 Å². The van der Waals surface area contributed by atoms with Crippen molar-refractivity contribution in [3.63, 3.8) is 0 Å². The van der Waals surface area contributed by atoms with Gasteiger partial charge in [0, 0.05) is 26.1 Å². The highest BCUT2D eigenvalue weighted by Crippen LogP contribution is 2.19. The van der Waals surface area contributed by atoms with Crippen molar-refractivity contribution < 1.29 is 19.1 Å². The Labute approximate surface area is 148 Å². The maximum Gasteiger partial charge on any atom is 0.246 e. The van der Waals surface area contributed by atoms with Gasteiger partial charge in [0.2, 0.25) is 11.8 Å². The van der Waals surface area contributed by atoms with Crippen molar-refractivity contribution >= 4 is 11.8 Å². The molecular weight excluding hydrogens is 320 g/mol. The minimum atomic E-state index is -0.251. The van der Waals surface area contributed by atoms with Crippen LogP contribution in [0, 0.1) is 0 Å². The molecule has 1 aromatic rings. The average Bonchev–Trinajstić information content (AvgIpc) is 3.11. The molecule has 3 rings (SSSR count). The molecule has 2 saturated heterocycles. The molecule has 0 aliphatic carbocycles. The van der Waals surface area contributed by atoms with Crippen LogP contribution in [-0.4, -0.2) is 66.6 Å². The van der Waals surface area contributed by atoms with Gasteiger partial charge >= 0.3 is 0 Å². The molecule has 2 heterocycles. The summed E-state index contributed by atoms with van der Waals surface area (Å²) in [6.45, 7) is 6.23. The van der Waals surface area contributed by atoms with Gasteiger partial charge in [-0.15, -0.1) is 0 Å². The molecule has 25 heavy (non-hydrogen) atoms. The summed E-state index contributed by atoms with van der Waals surface area (Å²) in [5.41, 5.74) is 0. The number of ether oxygens (including phenoxy) is 2. The lowest BCUT2D eigenvalue weighted by molar-refractivity contribution is -0.141. The minimum Gasteiger partial charge on any atom is -0.489 e. The predicted molar refractivity (Wildman–Crippen MR) is 93.2 cm³/mol. The second kappa shape index (κ2) is 8.16. The molecular formula is C19H24N2O4. The van der Waals surface area contributed by atoms with Gasteiger partial charge in [0.1, 0.15) is 11.9 Å². The summed E-state index contributed by atoms with van der Waals surface area (Å²) in [7, 11) is 0. The van der Waals surface area contributed by atoms with Gasteiger partial charge in [-0.25, -0.2) is 0 Å². The van der Waals surface area contributed by atoms with E-state index in [4.69, 9.17) is 9.47 Å². The number of hydrogen-bond donors (Lipinski definition) is 0. The largest absolute Gasteiger partial charge is 0.489 e. The Kier molecular flexibility index (Phi) is 5.71. The summed E-state index contributed by atoms with van der Waals surface area (Å²) in [4.78, 5) is 27.7. The van der Waals surface area contributed by atoms with Crippen LogP contribution in [0.3, 0.4) is 0 Å². The van der Waals surface area contributed by atoms with Crippen LogP contribution in [0.15, 0.2) is 43.0 Å². The summed E-state index contributed by atoms with van der Waals surface area (Å²) in [6, 6.07) is 9.66. The van der Waals surface area contributed by atoms with E-state index >= 15 is 0 Å². The monoisotopic (exact) mass is 344 g/mol. The summed E-state index contributed by atoms with van der Waals surface area (Å²) >= 11 is 0. The van der Waals surface area contributed by atoms with Crippen LogP contribution in [0.25, 0.3) is 0 Å². The van der Waals surface area contributed by atoms with E-state index in [9.17, 15) is 9.59 Å². The van der Waals surface area contributed by atoms with Gasteiger partial charge in [-0.05, 0) is 18.2 Å². The maximum atomic E-state index is 12.5. The number of amides is 2. The molecule has 0 bridgehead atoms. The van der Waals surface area contributed by atoms with E-state index in [-0.39, 0.29) is 24.0 Å². The lowest BCUT2D eigenvalue weighted by Crippen LogP contribution is -2.47. The van der Waals surface area contributed by atoms with Crippen LogP contribution in [0.1, 0.15) is 12.8 Å². The van der Waals surface area contributed by atoms with Gasteiger partial charge in [-0.1, -0.05) is 24.8 Å². The zero-order valence-electron chi connectivity index (χ0n) is 14.3. The average molecular weight is 344 g/mol. The molecule has 0 spiro atoms. The van der Waals surface area contributed by atoms with E-state index in [1.165, 1.54) is 6.08 Å². The highest BCUT2D eigenvalue weighted by molar-refractivity contribution is 5.87. The highest BCUT2D eigenvalue weighted by atomic mass is 16.5. The second-order valence-electron chi connectivity index (χ2n) is 6.37. The van der Waals surface area contributed by atoms with Crippen molar-refractivity contribution in [3.05, 3.63) is 43.0 Å². The number of rotatable bonds is 5. The van der Waals surface area contributed by atoms with Crippen molar-refractivity contribution in [2.75, 3.05) is 32.8 Å². The van der Waals surface area contributed by atoms with Gasteiger partial charge < -0.3 is 19.3 Å². The molecule has 2 atom stereocenters. The Morgan fingerprint density at radius 1 is 1.20 bits per heavy atom. The van der Waals surface area contributed by atoms with Gasteiger partial charge in [0.15, 0.2) is 0 Å². The quantitative estimate of drug-likeness (QED) is 0.759. The Bertz CT molecular complexity index is 619. The van der Waals surface area contributed by atoms with E-state index in [0.29, 0.717) is 39.2 Å². The first-order valence-corrected chi connectivity index (χ1v) is 8.68. The van der Waals surface area contributed by atoms with Gasteiger partial charge in [0.25, 0.3) is 0 Å². The standard InChI is InChI=1S/C19H24N2O4/c1-2-18(22)21-10-11-24-17(14-21)12-19(23)20-9-8-16(13-20)25-15-6-4-3-5-7-15/h2-7,16-17H,1,8-14H2/t16-,17+/m1/s1. The number of nitrogens with zero attached hydrogens (tertiary/aromatic N) is 2. The van der Waals surface area contributed by atoms with E-state index < -0.39 is 0 Å². The van der Waals surface area contributed by atoms with E-state index in [1.54, 1.807) is 4.90 Å². The zero-order valence-corrected chi connectivity index (χ0v) is 14.3. The third-order valence-electron chi connectivity index (χ3n) is 4.57. The van der Waals surface area contributed by atoms with Crippen LogP contribution >= 0.6 is 0 Å². The SMILES string of the molecule is C=CC(=O)N1CCO[C@@H](CC(=O)N2CC[C@@H](Oc3ccccc3)C2)C1. The number of hydrogen-bond acceptors (Lipinski definition) is 4. The molecule has 1 aromatic carbocycles. The van der Waals surface area contributed by atoms with Crippen molar-refractivity contribution in [1.82, 2.24) is 9.80 Å². The van der Waals surface area contributed by atoms with Crippen LogP contribution < -0.4 is 4.74 Å². The van der Waals surface area contributed by atoms with E-state index in [2.05, 4.69) is 6.58 Å². The van der Waals surface area contributed by atoms with Crippen molar-refractivity contribution in [1.29, 1.82) is 0 Å². The minimum absolute atomic E-state index is 0.0254.